The maximum absolute atomic E-state index is 11.6. The molecule has 0 bridgehead atoms. The van der Waals surface area contributed by atoms with E-state index in [0.717, 1.165) is 18.8 Å². The van der Waals surface area contributed by atoms with E-state index in [1.807, 2.05) is 11.0 Å². The Balaban J connectivity index is 1.86. The molecule has 0 radical (unpaired) electrons. The van der Waals surface area contributed by atoms with Crippen LogP contribution in [0.25, 0.3) is 0 Å². The number of carbonyl (C=O) groups excluding carboxylic acids is 1. The smallest absolute Gasteiger partial charge is 0.317 e. The lowest BCUT2D eigenvalue weighted by molar-refractivity contribution is 0.197. The second-order valence-corrected chi connectivity index (χ2v) is 5.25. The van der Waals surface area contributed by atoms with E-state index in [1.54, 1.807) is 20.3 Å². The number of fused-ring (bicyclic) bond motifs is 1. The van der Waals surface area contributed by atoms with E-state index in [1.165, 1.54) is 0 Å². The SMILES string of the molecule is COc1cc(N)c(N2CCN3C(=O)NCC3C2)cc1OC. The Kier molecular flexibility index (Phi) is 3.40. The van der Waals surface area contributed by atoms with E-state index in [4.69, 9.17) is 15.2 Å². The van der Waals surface area contributed by atoms with Gasteiger partial charge in [-0.25, -0.2) is 4.79 Å². The average Bonchev–Trinajstić information content (AvgIpc) is 2.87. The van der Waals surface area contributed by atoms with Gasteiger partial charge in [-0.05, 0) is 0 Å². The minimum atomic E-state index is 0.0277. The number of urea groups is 1. The fourth-order valence-electron chi connectivity index (χ4n) is 2.98. The molecule has 0 spiro atoms. The number of carbonyl (C=O) groups is 1. The monoisotopic (exact) mass is 292 g/mol. The van der Waals surface area contributed by atoms with Crippen LogP contribution in [0.2, 0.25) is 0 Å². The van der Waals surface area contributed by atoms with Gasteiger partial charge in [0.05, 0.1) is 31.6 Å². The van der Waals surface area contributed by atoms with Gasteiger partial charge in [-0.15, -0.1) is 0 Å². The van der Waals surface area contributed by atoms with Crippen molar-refractivity contribution in [2.24, 2.45) is 0 Å². The Morgan fingerprint density at radius 3 is 2.67 bits per heavy atom. The summed E-state index contributed by atoms with van der Waals surface area (Å²) in [5, 5.41) is 2.87. The largest absolute Gasteiger partial charge is 0.493 e. The Bertz CT molecular complexity index is 563. The predicted molar refractivity (Wildman–Crippen MR) is 80.1 cm³/mol. The zero-order valence-electron chi connectivity index (χ0n) is 12.3. The molecule has 3 rings (SSSR count). The predicted octanol–water partition coefficient (Wildman–Crippen LogP) is 0.500. The molecule has 2 aliphatic rings. The summed E-state index contributed by atoms with van der Waals surface area (Å²) >= 11 is 0. The van der Waals surface area contributed by atoms with Crippen molar-refractivity contribution in [3.8, 4) is 11.5 Å². The molecular formula is C14H20N4O3. The first-order valence-electron chi connectivity index (χ1n) is 6.95. The van der Waals surface area contributed by atoms with E-state index in [0.29, 0.717) is 30.3 Å². The van der Waals surface area contributed by atoms with Gasteiger partial charge in [0.15, 0.2) is 11.5 Å². The zero-order chi connectivity index (χ0) is 15.0. The van der Waals surface area contributed by atoms with Crippen LogP contribution in [0.15, 0.2) is 12.1 Å². The number of nitrogens with zero attached hydrogens (tertiary/aromatic N) is 2. The van der Waals surface area contributed by atoms with Crippen molar-refractivity contribution < 1.29 is 14.3 Å². The Morgan fingerprint density at radius 1 is 1.24 bits per heavy atom. The molecule has 3 N–H and O–H groups in total. The average molecular weight is 292 g/mol. The van der Waals surface area contributed by atoms with Crippen molar-refractivity contribution in [3.63, 3.8) is 0 Å². The van der Waals surface area contributed by atoms with Gasteiger partial charge in [0.25, 0.3) is 0 Å². The molecule has 2 amide bonds. The van der Waals surface area contributed by atoms with Gasteiger partial charge in [0.1, 0.15) is 0 Å². The van der Waals surface area contributed by atoms with Crippen molar-refractivity contribution in [1.82, 2.24) is 10.2 Å². The molecule has 1 aromatic rings. The second kappa shape index (κ2) is 5.23. The number of ether oxygens (including phenoxy) is 2. The van der Waals surface area contributed by atoms with Crippen LogP contribution in [0.5, 0.6) is 11.5 Å². The molecule has 7 heteroatoms. The summed E-state index contributed by atoms with van der Waals surface area (Å²) in [4.78, 5) is 15.7. The Labute approximate surface area is 123 Å². The van der Waals surface area contributed by atoms with Crippen LogP contribution < -0.4 is 25.4 Å². The molecule has 0 aromatic heterocycles. The Morgan fingerprint density at radius 2 is 1.95 bits per heavy atom. The highest BCUT2D eigenvalue weighted by molar-refractivity contribution is 5.78. The van der Waals surface area contributed by atoms with Crippen LogP contribution in [-0.2, 0) is 0 Å². The number of piperazine rings is 1. The number of benzene rings is 1. The Hall–Kier alpha value is -2.31. The summed E-state index contributed by atoms with van der Waals surface area (Å²) < 4.78 is 10.6. The maximum Gasteiger partial charge on any atom is 0.317 e. The summed E-state index contributed by atoms with van der Waals surface area (Å²) in [6.45, 7) is 2.90. The summed E-state index contributed by atoms with van der Waals surface area (Å²) in [6, 6.07) is 3.89. The molecule has 2 heterocycles. The van der Waals surface area contributed by atoms with Gasteiger partial charge in [-0.1, -0.05) is 0 Å². The van der Waals surface area contributed by atoms with Crippen LogP contribution in [0.4, 0.5) is 16.2 Å². The van der Waals surface area contributed by atoms with Gasteiger partial charge in [0, 0.05) is 38.3 Å². The highest BCUT2D eigenvalue weighted by atomic mass is 16.5. The van der Waals surface area contributed by atoms with Gasteiger partial charge >= 0.3 is 6.03 Å². The van der Waals surface area contributed by atoms with E-state index in [9.17, 15) is 4.79 Å². The lowest BCUT2D eigenvalue weighted by atomic mass is 10.1. The second-order valence-electron chi connectivity index (χ2n) is 5.25. The highest BCUT2D eigenvalue weighted by Crippen LogP contribution is 2.37. The third kappa shape index (κ3) is 2.28. The fourth-order valence-corrected chi connectivity index (χ4v) is 2.98. The van der Waals surface area contributed by atoms with Crippen LogP contribution in [0, 0.1) is 0 Å². The van der Waals surface area contributed by atoms with Gasteiger partial charge in [-0.2, -0.15) is 0 Å². The summed E-state index contributed by atoms with van der Waals surface area (Å²) in [5.74, 6) is 1.28. The van der Waals surface area contributed by atoms with Crippen molar-refractivity contribution in [2.45, 2.75) is 6.04 Å². The fraction of sp³-hybridized carbons (Fsp3) is 0.500. The van der Waals surface area contributed by atoms with E-state index in [2.05, 4.69) is 10.2 Å². The number of rotatable bonds is 3. The minimum Gasteiger partial charge on any atom is -0.493 e. The third-order valence-electron chi connectivity index (χ3n) is 4.11. The van der Waals surface area contributed by atoms with Crippen LogP contribution in [-0.4, -0.2) is 57.4 Å². The van der Waals surface area contributed by atoms with E-state index >= 15 is 0 Å². The molecule has 1 atom stereocenters. The molecule has 0 aliphatic carbocycles. The van der Waals surface area contributed by atoms with Gasteiger partial charge < -0.3 is 30.3 Å². The summed E-state index contributed by atoms with van der Waals surface area (Å²) in [6.07, 6.45) is 0. The number of hydrogen-bond donors (Lipinski definition) is 2. The molecular weight excluding hydrogens is 272 g/mol. The van der Waals surface area contributed by atoms with Crippen LogP contribution in [0.3, 0.4) is 0 Å². The van der Waals surface area contributed by atoms with Gasteiger partial charge in [-0.3, -0.25) is 0 Å². The summed E-state index contributed by atoms with van der Waals surface area (Å²) in [5.41, 5.74) is 7.72. The highest BCUT2D eigenvalue weighted by Gasteiger charge is 2.36. The van der Waals surface area contributed by atoms with Crippen molar-refractivity contribution in [3.05, 3.63) is 12.1 Å². The molecule has 2 saturated heterocycles. The number of nitrogens with one attached hydrogen (secondary N) is 1. The molecule has 1 aromatic carbocycles. The quantitative estimate of drug-likeness (QED) is 0.793. The zero-order valence-corrected chi connectivity index (χ0v) is 12.3. The topological polar surface area (TPSA) is 80.1 Å². The van der Waals surface area contributed by atoms with Crippen LogP contribution >= 0.6 is 0 Å². The first-order chi connectivity index (χ1) is 10.1. The number of anilines is 2. The number of nitrogens with two attached hydrogens (primary N) is 1. The first-order valence-corrected chi connectivity index (χ1v) is 6.95. The number of amides is 2. The molecule has 7 nitrogen and oxygen atoms in total. The van der Waals surface area contributed by atoms with Crippen molar-refractivity contribution in [2.75, 3.05) is 51.0 Å². The van der Waals surface area contributed by atoms with Gasteiger partial charge in [0.2, 0.25) is 0 Å². The molecule has 2 aliphatic heterocycles. The van der Waals surface area contributed by atoms with E-state index < -0.39 is 0 Å². The van der Waals surface area contributed by atoms with Crippen molar-refractivity contribution >= 4 is 17.4 Å². The maximum atomic E-state index is 11.6. The standard InChI is InChI=1S/C14H20N4O3/c1-20-12-5-10(15)11(6-13(12)21-2)17-3-4-18-9(8-17)7-16-14(18)19/h5-6,9H,3-4,7-8,15H2,1-2H3,(H,16,19). The lowest BCUT2D eigenvalue weighted by Gasteiger charge is -2.38. The van der Waals surface area contributed by atoms with Crippen molar-refractivity contribution in [1.29, 1.82) is 0 Å². The molecule has 1 unspecified atom stereocenters. The molecule has 0 saturated carbocycles. The summed E-state index contributed by atoms with van der Waals surface area (Å²) in [7, 11) is 3.20. The number of methoxy groups -OCH3 is 2. The van der Waals surface area contributed by atoms with Crippen LogP contribution in [0.1, 0.15) is 0 Å². The molecule has 21 heavy (non-hydrogen) atoms. The first kappa shape index (κ1) is 13.7. The van der Waals surface area contributed by atoms with E-state index in [-0.39, 0.29) is 12.1 Å². The molecule has 2 fully saturated rings. The lowest BCUT2D eigenvalue weighted by Crippen LogP contribution is -2.52. The molecule has 114 valence electrons. The third-order valence-corrected chi connectivity index (χ3v) is 4.11. The normalized spacial score (nSPS) is 21.0. The number of hydrogen-bond acceptors (Lipinski definition) is 5. The minimum absolute atomic E-state index is 0.0277. The number of nitrogen functional groups attached to an aromatic ring is 1.